The molecule has 2 unspecified atom stereocenters. The van der Waals surface area contributed by atoms with Gasteiger partial charge in [-0.15, -0.1) is 0 Å². The van der Waals surface area contributed by atoms with Gasteiger partial charge in [0.25, 0.3) is 0 Å². The zero-order chi connectivity index (χ0) is 19.9. The van der Waals surface area contributed by atoms with E-state index in [1.54, 1.807) is 0 Å². The van der Waals surface area contributed by atoms with Crippen molar-refractivity contribution >= 4 is 0 Å². The van der Waals surface area contributed by atoms with E-state index >= 15 is 0 Å². The summed E-state index contributed by atoms with van der Waals surface area (Å²) in [4.78, 5) is 0. The number of hydrogen-bond acceptors (Lipinski definition) is 2. The van der Waals surface area contributed by atoms with E-state index in [1.807, 2.05) is 13.0 Å². The monoisotopic (exact) mass is 397 g/mol. The molecule has 0 N–H and O–H groups in total. The summed E-state index contributed by atoms with van der Waals surface area (Å²) in [5, 5.41) is 0. The number of quaternary nitrogens is 1. The molecule has 27 heavy (non-hydrogen) atoms. The van der Waals surface area contributed by atoms with E-state index in [9.17, 15) is 0 Å². The Morgan fingerprint density at radius 1 is 1.00 bits per heavy atom. The minimum absolute atomic E-state index is 0. The second kappa shape index (κ2) is 11.7. The quantitative estimate of drug-likeness (QED) is 0.324. The first-order chi connectivity index (χ1) is 12.1. The smallest absolute Gasteiger partial charge is 0.202 e. The molecule has 0 aromatic heterocycles. The Hall–Kier alpha value is -1.03. The lowest BCUT2D eigenvalue weighted by atomic mass is 9.92. The summed E-state index contributed by atoms with van der Waals surface area (Å²) >= 11 is 0. The lowest BCUT2D eigenvalue weighted by Gasteiger charge is -2.36. The fourth-order valence-electron chi connectivity index (χ4n) is 3.12. The molecule has 4 heteroatoms. The van der Waals surface area contributed by atoms with Crippen LogP contribution in [0.25, 0.3) is 0 Å². The summed E-state index contributed by atoms with van der Waals surface area (Å²) in [6, 6.07) is 6.42. The minimum Gasteiger partial charge on any atom is -1.00 e. The van der Waals surface area contributed by atoms with Crippen molar-refractivity contribution in [2.24, 2.45) is 11.8 Å². The molecule has 0 saturated carbocycles. The molecule has 0 fully saturated rings. The molecule has 2 atom stereocenters. The second-order valence-corrected chi connectivity index (χ2v) is 8.76. The third-order valence-electron chi connectivity index (χ3n) is 4.74. The van der Waals surface area contributed by atoms with Gasteiger partial charge in [-0.25, -0.2) is 0 Å². The first-order valence-corrected chi connectivity index (χ1v) is 9.93. The van der Waals surface area contributed by atoms with Gasteiger partial charge in [0, 0.05) is 6.92 Å². The molecule has 3 nitrogen and oxygen atoms in total. The van der Waals surface area contributed by atoms with Gasteiger partial charge < -0.3 is 21.6 Å². The summed E-state index contributed by atoms with van der Waals surface area (Å²) in [6.45, 7) is 17.8. The summed E-state index contributed by atoms with van der Waals surface area (Å²) in [6.07, 6.45) is 3.76. The Labute approximate surface area is 173 Å². The number of likely N-dealkylation sites (N-methyl/N-ethyl adjacent to an activating group) is 1. The zero-order valence-corrected chi connectivity index (χ0v) is 19.3. The molecule has 0 radical (unpaired) electrons. The lowest BCUT2D eigenvalue weighted by Crippen LogP contribution is -3.00. The number of hydrogen-bond donors (Lipinski definition) is 0. The summed E-state index contributed by atoms with van der Waals surface area (Å²) in [7, 11) is 4.29. The van der Waals surface area contributed by atoms with Crippen LogP contribution in [0.1, 0.15) is 52.7 Å². The standard InChI is InChI=1S/C23H40NO2.ClH/c1-10-14-24(8,9)19(6)25-20(7)26-23-13-11-12-21(15-17(2)3)22(23)16-18(4)5;/h10-13,17-20H,1,14-16H2,2-9H3;1H/q+1;/p-1. The number of ether oxygens (including phenoxy) is 2. The number of halogens is 1. The first-order valence-electron chi connectivity index (χ1n) is 9.93. The van der Waals surface area contributed by atoms with Gasteiger partial charge in [0.15, 0.2) is 6.23 Å². The van der Waals surface area contributed by atoms with Crippen molar-refractivity contribution in [1.82, 2.24) is 0 Å². The van der Waals surface area contributed by atoms with Crippen LogP contribution in [0.2, 0.25) is 0 Å². The van der Waals surface area contributed by atoms with Gasteiger partial charge >= 0.3 is 0 Å². The molecule has 0 spiro atoms. The highest BCUT2D eigenvalue weighted by Gasteiger charge is 2.26. The molecular formula is C23H40ClNO2. The predicted octanol–water partition coefficient (Wildman–Crippen LogP) is 2.44. The van der Waals surface area contributed by atoms with E-state index in [0.29, 0.717) is 11.8 Å². The third kappa shape index (κ3) is 8.68. The van der Waals surface area contributed by atoms with E-state index in [-0.39, 0.29) is 24.9 Å². The van der Waals surface area contributed by atoms with Crippen LogP contribution in [0.3, 0.4) is 0 Å². The maximum absolute atomic E-state index is 6.25. The average molecular weight is 398 g/mol. The molecule has 0 aliphatic heterocycles. The van der Waals surface area contributed by atoms with E-state index in [0.717, 1.165) is 29.6 Å². The minimum atomic E-state index is -0.299. The highest BCUT2D eigenvalue weighted by Crippen LogP contribution is 2.28. The van der Waals surface area contributed by atoms with E-state index in [4.69, 9.17) is 9.47 Å². The summed E-state index contributed by atoms with van der Waals surface area (Å²) in [5.41, 5.74) is 2.73. The van der Waals surface area contributed by atoms with Crippen LogP contribution in [0.5, 0.6) is 5.75 Å². The summed E-state index contributed by atoms with van der Waals surface area (Å²) in [5.74, 6) is 2.18. The first kappa shape index (κ1) is 26.0. The average Bonchev–Trinajstić information content (AvgIpc) is 2.49. The van der Waals surface area contributed by atoms with Crippen LogP contribution in [-0.2, 0) is 17.6 Å². The van der Waals surface area contributed by atoms with Crippen LogP contribution >= 0.6 is 0 Å². The third-order valence-corrected chi connectivity index (χ3v) is 4.74. The van der Waals surface area contributed by atoms with Gasteiger partial charge in [0.05, 0.1) is 20.6 Å². The van der Waals surface area contributed by atoms with Gasteiger partial charge in [-0.05, 0) is 54.9 Å². The molecule has 0 saturated heterocycles. The van der Waals surface area contributed by atoms with Crippen molar-refractivity contribution in [2.75, 3.05) is 20.6 Å². The van der Waals surface area contributed by atoms with E-state index in [1.165, 1.54) is 11.1 Å². The van der Waals surface area contributed by atoms with Crippen molar-refractivity contribution in [1.29, 1.82) is 0 Å². The number of nitrogens with zero attached hydrogens (tertiary/aromatic N) is 1. The van der Waals surface area contributed by atoms with E-state index in [2.05, 4.69) is 73.5 Å². The highest BCUT2D eigenvalue weighted by molar-refractivity contribution is 5.41. The number of rotatable bonds is 11. The van der Waals surface area contributed by atoms with Crippen molar-refractivity contribution in [3.05, 3.63) is 42.0 Å². The molecule has 1 rings (SSSR count). The topological polar surface area (TPSA) is 18.5 Å². The molecule has 1 aromatic rings. The zero-order valence-electron chi connectivity index (χ0n) is 18.6. The van der Waals surface area contributed by atoms with Gasteiger partial charge in [-0.2, -0.15) is 0 Å². The van der Waals surface area contributed by atoms with Crippen molar-refractivity contribution in [3.63, 3.8) is 0 Å². The Kier molecular flexibility index (Phi) is 11.3. The van der Waals surface area contributed by atoms with Crippen LogP contribution in [0.4, 0.5) is 0 Å². The van der Waals surface area contributed by atoms with Crippen LogP contribution in [0.15, 0.2) is 30.9 Å². The van der Waals surface area contributed by atoms with Gasteiger partial charge in [0.1, 0.15) is 5.75 Å². The molecule has 0 aliphatic rings. The van der Waals surface area contributed by atoms with Gasteiger partial charge in [0.2, 0.25) is 6.29 Å². The normalized spacial score (nSPS) is 14.0. The molecule has 0 bridgehead atoms. The van der Waals surface area contributed by atoms with Crippen molar-refractivity contribution < 1.29 is 26.4 Å². The maximum Gasteiger partial charge on any atom is 0.202 e. The predicted molar refractivity (Wildman–Crippen MR) is 111 cm³/mol. The summed E-state index contributed by atoms with van der Waals surface area (Å²) < 4.78 is 13.1. The Morgan fingerprint density at radius 3 is 2.11 bits per heavy atom. The molecular weight excluding hydrogens is 358 g/mol. The Balaban J connectivity index is 0.00000676. The Morgan fingerprint density at radius 2 is 1.59 bits per heavy atom. The maximum atomic E-state index is 6.25. The number of benzene rings is 1. The SMILES string of the molecule is C=CC[N+](C)(C)C(C)OC(C)Oc1cccc(CC(C)C)c1CC(C)C.[Cl-]. The lowest BCUT2D eigenvalue weighted by molar-refractivity contribution is -0.932. The molecule has 0 heterocycles. The van der Waals surface area contributed by atoms with Crippen LogP contribution in [-0.4, -0.2) is 37.6 Å². The molecule has 0 aliphatic carbocycles. The van der Waals surface area contributed by atoms with E-state index < -0.39 is 0 Å². The highest BCUT2D eigenvalue weighted by atomic mass is 35.5. The van der Waals surface area contributed by atoms with Gasteiger partial charge in [-0.1, -0.05) is 46.4 Å². The van der Waals surface area contributed by atoms with Crippen molar-refractivity contribution in [3.8, 4) is 5.75 Å². The molecule has 156 valence electrons. The fraction of sp³-hybridized carbons (Fsp3) is 0.652. The molecule has 1 aromatic carbocycles. The van der Waals surface area contributed by atoms with Gasteiger partial charge in [-0.3, -0.25) is 4.74 Å². The van der Waals surface area contributed by atoms with Crippen LogP contribution < -0.4 is 17.1 Å². The van der Waals surface area contributed by atoms with Crippen molar-refractivity contribution in [2.45, 2.75) is 66.9 Å². The Bertz CT molecular complexity index is 569. The fourth-order valence-corrected chi connectivity index (χ4v) is 3.12. The largest absolute Gasteiger partial charge is 1.00 e. The second-order valence-electron chi connectivity index (χ2n) is 8.76. The molecule has 0 amide bonds. The van der Waals surface area contributed by atoms with Crippen LogP contribution in [0, 0.1) is 11.8 Å².